The van der Waals surface area contributed by atoms with E-state index < -0.39 is 5.97 Å². The minimum Gasteiger partial charge on any atom is -0.481 e. The van der Waals surface area contributed by atoms with Crippen molar-refractivity contribution in [3.05, 3.63) is 58.7 Å². The molecule has 4 nitrogen and oxygen atoms in total. The van der Waals surface area contributed by atoms with Crippen LogP contribution < -0.4 is 4.90 Å². The highest BCUT2D eigenvalue weighted by molar-refractivity contribution is 6.31. The summed E-state index contributed by atoms with van der Waals surface area (Å²) < 4.78 is 0. The molecule has 1 aromatic carbocycles. The van der Waals surface area contributed by atoms with Gasteiger partial charge in [0.1, 0.15) is 5.82 Å². The van der Waals surface area contributed by atoms with E-state index in [4.69, 9.17) is 16.7 Å². The third kappa shape index (κ3) is 4.46. The van der Waals surface area contributed by atoms with Crippen LogP contribution in [0.2, 0.25) is 5.02 Å². The molecule has 5 heteroatoms. The summed E-state index contributed by atoms with van der Waals surface area (Å²) in [6, 6.07) is 11.4. The molecule has 0 fully saturated rings. The van der Waals surface area contributed by atoms with Gasteiger partial charge < -0.3 is 10.0 Å². The van der Waals surface area contributed by atoms with Gasteiger partial charge in [-0.05, 0) is 36.2 Å². The van der Waals surface area contributed by atoms with E-state index in [0.29, 0.717) is 18.1 Å². The van der Waals surface area contributed by atoms with Gasteiger partial charge in [0, 0.05) is 24.3 Å². The van der Waals surface area contributed by atoms with E-state index in [9.17, 15) is 4.79 Å². The van der Waals surface area contributed by atoms with Crippen molar-refractivity contribution in [1.29, 1.82) is 0 Å². The Hall–Kier alpha value is -2.07. The quantitative estimate of drug-likeness (QED) is 0.887. The molecule has 0 spiro atoms. The van der Waals surface area contributed by atoms with Crippen LogP contribution in [-0.4, -0.2) is 22.6 Å². The van der Waals surface area contributed by atoms with E-state index in [0.717, 1.165) is 16.9 Å². The molecular formula is C16H17ClN2O2. The van der Waals surface area contributed by atoms with Crippen LogP contribution in [0.1, 0.15) is 17.5 Å². The number of hydrogen-bond donors (Lipinski definition) is 1. The Labute approximate surface area is 129 Å². The number of carbonyl (C=O) groups is 1. The zero-order valence-corrected chi connectivity index (χ0v) is 12.5. The zero-order chi connectivity index (χ0) is 15.2. The van der Waals surface area contributed by atoms with E-state index in [-0.39, 0.29) is 6.42 Å². The van der Waals surface area contributed by atoms with Gasteiger partial charge in [-0.3, -0.25) is 4.79 Å². The van der Waals surface area contributed by atoms with E-state index in [1.165, 1.54) is 0 Å². The van der Waals surface area contributed by atoms with Gasteiger partial charge in [-0.15, -0.1) is 0 Å². The van der Waals surface area contributed by atoms with E-state index in [1.54, 1.807) is 6.20 Å². The fourth-order valence-corrected chi connectivity index (χ4v) is 2.23. The second kappa shape index (κ2) is 7.09. The molecule has 1 aromatic heterocycles. The highest BCUT2D eigenvalue weighted by Crippen LogP contribution is 2.21. The van der Waals surface area contributed by atoms with Gasteiger partial charge >= 0.3 is 5.97 Å². The highest BCUT2D eigenvalue weighted by Gasteiger charge is 2.12. The number of aliphatic carboxylic acids is 1. The molecule has 0 aliphatic carbocycles. The van der Waals surface area contributed by atoms with Crippen molar-refractivity contribution in [2.45, 2.75) is 19.9 Å². The summed E-state index contributed by atoms with van der Waals surface area (Å²) in [6.07, 6.45) is 1.78. The third-order valence-electron chi connectivity index (χ3n) is 3.14. The van der Waals surface area contributed by atoms with Gasteiger partial charge in [0.15, 0.2) is 0 Å². The number of halogens is 1. The Kier molecular flexibility index (Phi) is 5.17. The molecule has 0 atom stereocenters. The molecule has 0 aliphatic rings. The molecule has 1 heterocycles. The molecular weight excluding hydrogens is 288 g/mol. The molecule has 0 saturated heterocycles. The first kappa shape index (κ1) is 15.3. The summed E-state index contributed by atoms with van der Waals surface area (Å²) >= 11 is 6.19. The fourth-order valence-electron chi connectivity index (χ4n) is 2.03. The van der Waals surface area contributed by atoms with E-state index in [2.05, 4.69) is 4.98 Å². The summed E-state index contributed by atoms with van der Waals surface area (Å²) in [7, 11) is 0. The lowest BCUT2D eigenvalue weighted by molar-refractivity contribution is -0.136. The van der Waals surface area contributed by atoms with Crippen molar-refractivity contribution in [3.63, 3.8) is 0 Å². The topological polar surface area (TPSA) is 53.4 Å². The lowest BCUT2D eigenvalue weighted by Crippen LogP contribution is -2.26. The van der Waals surface area contributed by atoms with Crippen molar-refractivity contribution in [2.75, 3.05) is 11.4 Å². The molecule has 0 saturated carbocycles. The number of hydrogen-bond acceptors (Lipinski definition) is 3. The maximum Gasteiger partial charge on any atom is 0.305 e. The van der Waals surface area contributed by atoms with Crippen LogP contribution in [0.3, 0.4) is 0 Å². The zero-order valence-electron chi connectivity index (χ0n) is 11.8. The number of aromatic nitrogens is 1. The number of rotatable bonds is 6. The Bertz CT molecular complexity index is 631. The standard InChI is InChI=1S/C16H17ClN2O2/c1-12-6-8-18-15(10-12)19(9-7-16(20)21)11-13-4-2-3-5-14(13)17/h2-6,8,10H,7,9,11H2,1H3,(H,20,21). The number of anilines is 1. The van der Waals surface area contributed by atoms with Gasteiger partial charge in [-0.25, -0.2) is 4.98 Å². The highest BCUT2D eigenvalue weighted by atomic mass is 35.5. The van der Waals surface area contributed by atoms with Crippen molar-refractivity contribution in [3.8, 4) is 0 Å². The molecule has 21 heavy (non-hydrogen) atoms. The van der Waals surface area contributed by atoms with Crippen LogP contribution in [0, 0.1) is 6.92 Å². The molecule has 2 aromatic rings. The van der Waals surface area contributed by atoms with Crippen molar-refractivity contribution < 1.29 is 9.90 Å². The summed E-state index contributed by atoms with van der Waals surface area (Å²) in [4.78, 5) is 17.1. The molecule has 0 amide bonds. The third-order valence-corrected chi connectivity index (χ3v) is 3.51. The Morgan fingerprint density at radius 3 is 2.76 bits per heavy atom. The lowest BCUT2D eigenvalue weighted by Gasteiger charge is -2.24. The van der Waals surface area contributed by atoms with Crippen LogP contribution in [0.4, 0.5) is 5.82 Å². The summed E-state index contributed by atoms with van der Waals surface area (Å²) in [5, 5.41) is 9.58. The number of benzene rings is 1. The van der Waals surface area contributed by atoms with Gasteiger partial charge in [0.05, 0.1) is 6.42 Å². The molecule has 0 unspecified atom stereocenters. The SMILES string of the molecule is Cc1ccnc(N(CCC(=O)O)Cc2ccccc2Cl)c1. The maximum absolute atomic E-state index is 10.8. The minimum absolute atomic E-state index is 0.0556. The molecule has 0 radical (unpaired) electrons. The monoisotopic (exact) mass is 304 g/mol. The number of carboxylic acids is 1. The van der Waals surface area contributed by atoms with Gasteiger partial charge in [0.2, 0.25) is 0 Å². The number of aryl methyl sites for hydroxylation is 1. The van der Waals surface area contributed by atoms with Gasteiger partial charge in [0.25, 0.3) is 0 Å². The summed E-state index contributed by atoms with van der Waals surface area (Å²) in [5.41, 5.74) is 2.03. The maximum atomic E-state index is 10.8. The van der Waals surface area contributed by atoms with Crippen LogP contribution in [0.15, 0.2) is 42.6 Å². The Morgan fingerprint density at radius 1 is 1.33 bits per heavy atom. The Balaban J connectivity index is 2.23. The summed E-state index contributed by atoms with van der Waals surface area (Å²) in [6.45, 7) is 2.90. The largest absolute Gasteiger partial charge is 0.481 e. The molecule has 1 N–H and O–H groups in total. The van der Waals surface area contributed by atoms with Crippen LogP contribution in [0.25, 0.3) is 0 Å². The molecule has 0 bridgehead atoms. The van der Waals surface area contributed by atoms with Crippen LogP contribution in [-0.2, 0) is 11.3 Å². The minimum atomic E-state index is -0.827. The Morgan fingerprint density at radius 2 is 2.10 bits per heavy atom. The van der Waals surface area contributed by atoms with Crippen molar-refractivity contribution in [2.24, 2.45) is 0 Å². The molecule has 2 rings (SSSR count). The average molecular weight is 305 g/mol. The molecule has 110 valence electrons. The smallest absolute Gasteiger partial charge is 0.305 e. The van der Waals surface area contributed by atoms with Crippen molar-refractivity contribution >= 4 is 23.4 Å². The van der Waals surface area contributed by atoms with Gasteiger partial charge in [-0.1, -0.05) is 29.8 Å². The number of carboxylic acid groups (broad SMARTS) is 1. The number of nitrogens with zero attached hydrogens (tertiary/aromatic N) is 2. The fraction of sp³-hybridized carbons (Fsp3) is 0.250. The first-order valence-electron chi connectivity index (χ1n) is 6.69. The van der Waals surface area contributed by atoms with Gasteiger partial charge in [-0.2, -0.15) is 0 Å². The first-order valence-corrected chi connectivity index (χ1v) is 7.07. The second-order valence-corrected chi connectivity index (χ2v) is 5.26. The van der Waals surface area contributed by atoms with Crippen LogP contribution in [0.5, 0.6) is 0 Å². The predicted octanol–water partition coefficient (Wildman–Crippen LogP) is 3.52. The van der Waals surface area contributed by atoms with E-state index in [1.807, 2.05) is 48.2 Å². The summed E-state index contributed by atoms with van der Waals surface area (Å²) in [5.74, 6) is -0.0667. The molecule has 0 aliphatic heterocycles. The first-order chi connectivity index (χ1) is 10.1. The van der Waals surface area contributed by atoms with Crippen molar-refractivity contribution in [1.82, 2.24) is 4.98 Å². The van der Waals surface area contributed by atoms with E-state index >= 15 is 0 Å². The predicted molar refractivity (Wildman–Crippen MR) is 83.7 cm³/mol. The number of pyridine rings is 1. The van der Waals surface area contributed by atoms with Crippen LogP contribution >= 0.6 is 11.6 Å². The lowest BCUT2D eigenvalue weighted by atomic mass is 10.2. The second-order valence-electron chi connectivity index (χ2n) is 4.85. The normalized spacial score (nSPS) is 10.4. The average Bonchev–Trinajstić information content (AvgIpc) is 2.45.